The zero-order valence-corrected chi connectivity index (χ0v) is 6.45. The fraction of sp³-hybridized carbons (Fsp3) is 0.778. The van der Waals surface area contributed by atoms with Gasteiger partial charge in [-0.2, -0.15) is 0 Å². The molecule has 60 valence electrons. The van der Waals surface area contributed by atoms with Gasteiger partial charge in [-0.25, -0.2) is 0 Å². The average molecular weight is 152 g/mol. The Bertz CT molecular complexity index is 198. The van der Waals surface area contributed by atoms with Gasteiger partial charge >= 0.3 is 0 Å². The van der Waals surface area contributed by atoms with Crippen molar-refractivity contribution in [3.63, 3.8) is 0 Å². The van der Waals surface area contributed by atoms with Gasteiger partial charge in [-0.05, 0) is 25.2 Å². The second-order valence-electron chi connectivity index (χ2n) is 3.76. The smallest absolute Gasteiger partial charge is 0.136 e. The highest BCUT2D eigenvalue weighted by molar-refractivity contribution is 5.86. The largest absolute Gasteiger partial charge is 0.303 e. The van der Waals surface area contributed by atoms with E-state index >= 15 is 0 Å². The van der Waals surface area contributed by atoms with Gasteiger partial charge in [0.1, 0.15) is 12.1 Å². The first kappa shape index (κ1) is 7.01. The van der Waals surface area contributed by atoms with Crippen LogP contribution in [0, 0.1) is 17.8 Å². The first-order valence-electron chi connectivity index (χ1n) is 4.29. The maximum Gasteiger partial charge on any atom is 0.136 e. The van der Waals surface area contributed by atoms with Gasteiger partial charge in [0.15, 0.2) is 0 Å². The molecule has 0 saturated heterocycles. The van der Waals surface area contributed by atoms with Gasteiger partial charge in [-0.15, -0.1) is 0 Å². The Balaban J connectivity index is 2.19. The lowest BCUT2D eigenvalue weighted by Gasteiger charge is -2.38. The van der Waals surface area contributed by atoms with Crippen molar-refractivity contribution in [2.75, 3.05) is 0 Å². The van der Waals surface area contributed by atoms with Gasteiger partial charge in [0.05, 0.1) is 0 Å². The Labute approximate surface area is 66.0 Å². The van der Waals surface area contributed by atoms with Crippen LogP contribution in [0.4, 0.5) is 0 Å². The van der Waals surface area contributed by atoms with E-state index in [4.69, 9.17) is 0 Å². The fourth-order valence-corrected chi connectivity index (χ4v) is 2.47. The van der Waals surface area contributed by atoms with Gasteiger partial charge in [0, 0.05) is 18.3 Å². The van der Waals surface area contributed by atoms with Gasteiger partial charge < -0.3 is 4.79 Å². The maximum atomic E-state index is 11.3. The molecule has 0 N–H and O–H groups in total. The van der Waals surface area contributed by atoms with Gasteiger partial charge in [0.2, 0.25) is 0 Å². The first-order valence-corrected chi connectivity index (χ1v) is 4.29. The molecule has 0 heterocycles. The summed E-state index contributed by atoms with van der Waals surface area (Å²) in [7, 11) is 0. The lowest BCUT2D eigenvalue weighted by molar-refractivity contribution is -0.136. The average Bonchev–Trinajstić information content (AvgIpc) is 2.04. The van der Waals surface area contributed by atoms with Crippen LogP contribution in [0.1, 0.15) is 25.7 Å². The molecule has 0 aromatic carbocycles. The SMILES string of the molecule is O=C[C@@H]1C[C@@H]2CC[C@H]1C(=O)C2. The summed E-state index contributed by atoms with van der Waals surface area (Å²) in [5, 5.41) is 0. The number of carbonyl (C=O) groups excluding carboxylic acids is 2. The predicted octanol–water partition coefficient (Wildman–Crippen LogP) is 1.19. The van der Waals surface area contributed by atoms with E-state index in [-0.39, 0.29) is 11.8 Å². The molecule has 3 rings (SSSR count). The molecule has 0 aromatic rings. The summed E-state index contributed by atoms with van der Waals surface area (Å²) in [6.07, 6.45) is 4.83. The molecule has 3 aliphatic rings. The molecule has 3 atom stereocenters. The second-order valence-corrected chi connectivity index (χ2v) is 3.76. The van der Waals surface area contributed by atoms with Crippen molar-refractivity contribution in [3.05, 3.63) is 0 Å². The predicted molar refractivity (Wildman–Crippen MR) is 40.0 cm³/mol. The Morgan fingerprint density at radius 1 is 1.36 bits per heavy atom. The number of fused-ring (bicyclic) bond motifs is 3. The van der Waals surface area contributed by atoms with E-state index in [2.05, 4.69) is 0 Å². The van der Waals surface area contributed by atoms with E-state index < -0.39 is 0 Å². The van der Waals surface area contributed by atoms with Crippen molar-refractivity contribution < 1.29 is 9.59 Å². The minimum absolute atomic E-state index is 0.0648. The highest BCUT2D eigenvalue weighted by atomic mass is 16.1. The zero-order chi connectivity index (χ0) is 7.84. The van der Waals surface area contributed by atoms with Crippen LogP contribution in [0.5, 0.6) is 0 Å². The third-order valence-corrected chi connectivity index (χ3v) is 3.09. The molecule has 0 radical (unpaired) electrons. The molecule has 0 aliphatic heterocycles. The van der Waals surface area contributed by atoms with Crippen molar-refractivity contribution >= 4 is 12.1 Å². The Hall–Kier alpha value is -0.660. The van der Waals surface area contributed by atoms with E-state index in [1.807, 2.05) is 0 Å². The first-order chi connectivity index (χ1) is 5.31. The quantitative estimate of drug-likeness (QED) is 0.529. The Kier molecular flexibility index (Phi) is 1.55. The highest BCUT2D eigenvalue weighted by Gasteiger charge is 2.40. The Morgan fingerprint density at radius 3 is 2.64 bits per heavy atom. The summed E-state index contributed by atoms with van der Waals surface area (Å²) < 4.78 is 0. The number of hydrogen-bond donors (Lipinski definition) is 0. The number of rotatable bonds is 1. The monoisotopic (exact) mass is 152 g/mol. The molecule has 2 bridgehead atoms. The van der Waals surface area contributed by atoms with Crippen molar-refractivity contribution in [3.8, 4) is 0 Å². The molecule has 0 aromatic heterocycles. The minimum Gasteiger partial charge on any atom is -0.303 e. The van der Waals surface area contributed by atoms with Gasteiger partial charge in [0.25, 0.3) is 0 Å². The molecule has 0 spiro atoms. The van der Waals surface area contributed by atoms with Gasteiger partial charge in [-0.3, -0.25) is 4.79 Å². The molecule has 3 fully saturated rings. The van der Waals surface area contributed by atoms with E-state index in [1.165, 1.54) is 6.42 Å². The molecule has 2 heteroatoms. The minimum atomic E-state index is 0.0648. The molecular formula is C9H12O2. The molecule has 0 unspecified atom stereocenters. The van der Waals surface area contributed by atoms with E-state index in [1.54, 1.807) is 0 Å². The second kappa shape index (κ2) is 2.43. The third-order valence-electron chi connectivity index (χ3n) is 3.09. The molecule has 2 nitrogen and oxygen atoms in total. The number of carbonyl (C=O) groups is 2. The zero-order valence-electron chi connectivity index (χ0n) is 6.45. The molecule has 0 amide bonds. The molecular weight excluding hydrogens is 140 g/mol. The third kappa shape index (κ3) is 1.01. The summed E-state index contributed by atoms with van der Waals surface area (Å²) in [6, 6.07) is 0. The summed E-state index contributed by atoms with van der Waals surface area (Å²) in [5.74, 6) is 1.03. The number of ketones is 1. The van der Waals surface area contributed by atoms with Crippen LogP contribution in [0.3, 0.4) is 0 Å². The topological polar surface area (TPSA) is 34.1 Å². The van der Waals surface area contributed by atoms with Crippen molar-refractivity contribution in [1.29, 1.82) is 0 Å². The fourth-order valence-electron chi connectivity index (χ4n) is 2.47. The van der Waals surface area contributed by atoms with E-state index in [0.717, 1.165) is 25.5 Å². The van der Waals surface area contributed by atoms with Crippen LogP contribution < -0.4 is 0 Å². The highest BCUT2D eigenvalue weighted by Crippen LogP contribution is 2.41. The number of hydrogen-bond acceptors (Lipinski definition) is 2. The van der Waals surface area contributed by atoms with Crippen LogP contribution >= 0.6 is 0 Å². The summed E-state index contributed by atoms with van der Waals surface area (Å²) >= 11 is 0. The molecule has 3 aliphatic carbocycles. The Morgan fingerprint density at radius 2 is 2.18 bits per heavy atom. The normalized spacial score (nSPS) is 42.5. The summed E-state index contributed by atoms with van der Waals surface area (Å²) in [6.45, 7) is 0. The van der Waals surface area contributed by atoms with Crippen LogP contribution in [0.15, 0.2) is 0 Å². The lowest BCUT2D eigenvalue weighted by atomic mass is 9.64. The van der Waals surface area contributed by atoms with Crippen LogP contribution in [-0.4, -0.2) is 12.1 Å². The lowest BCUT2D eigenvalue weighted by Crippen LogP contribution is -2.39. The van der Waals surface area contributed by atoms with Crippen molar-refractivity contribution in [2.24, 2.45) is 17.8 Å². The molecule has 11 heavy (non-hydrogen) atoms. The maximum absolute atomic E-state index is 11.3. The number of aldehydes is 1. The van der Waals surface area contributed by atoms with Crippen LogP contribution in [0.25, 0.3) is 0 Å². The van der Waals surface area contributed by atoms with Crippen LogP contribution in [-0.2, 0) is 9.59 Å². The summed E-state index contributed by atoms with van der Waals surface area (Å²) in [5.41, 5.74) is 0. The van der Waals surface area contributed by atoms with Gasteiger partial charge in [-0.1, -0.05) is 0 Å². The van der Waals surface area contributed by atoms with Crippen molar-refractivity contribution in [2.45, 2.75) is 25.7 Å². The number of Topliss-reactive ketones (excluding diaryl/α,β-unsaturated/α-hetero) is 1. The van der Waals surface area contributed by atoms with Crippen LogP contribution in [0.2, 0.25) is 0 Å². The van der Waals surface area contributed by atoms with E-state index in [9.17, 15) is 9.59 Å². The summed E-state index contributed by atoms with van der Waals surface area (Å²) in [4.78, 5) is 21.8. The van der Waals surface area contributed by atoms with E-state index in [0.29, 0.717) is 11.7 Å². The molecule has 3 saturated carbocycles. The van der Waals surface area contributed by atoms with Crippen molar-refractivity contribution in [1.82, 2.24) is 0 Å². The standard InChI is InChI=1S/C9H12O2/c10-5-7-3-6-1-2-8(7)9(11)4-6/h5-8H,1-4H2/t6-,7-,8+/m0/s1.